The molecule has 0 spiro atoms. The fourth-order valence-electron chi connectivity index (χ4n) is 2.18. The topological polar surface area (TPSA) is 81.8 Å². The molecular weight excluding hydrogens is 327 g/mol. The molecule has 0 N–H and O–H groups in total. The maximum Gasteiger partial charge on any atom is 0.363 e. The van der Waals surface area contributed by atoms with Gasteiger partial charge in [0.2, 0.25) is 5.90 Å². The second-order valence-electron chi connectivity index (χ2n) is 5.04. The minimum absolute atomic E-state index is 0.0401. The number of allylic oxidation sites excluding steroid dienone is 2. The number of hydrogen-bond acceptors (Lipinski definition) is 5. The third-order valence-electron chi connectivity index (χ3n) is 3.38. The van der Waals surface area contributed by atoms with E-state index in [-0.39, 0.29) is 17.3 Å². The minimum atomic E-state index is -0.647. The minimum Gasteiger partial charge on any atom is -0.402 e. The molecule has 6 nitrogen and oxygen atoms in total. The van der Waals surface area contributed by atoms with E-state index in [1.807, 2.05) is 0 Å². The van der Waals surface area contributed by atoms with Gasteiger partial charge in [-0.3, -0.25) is 10.1 Å². The predicted octanol–water partition coefficient (Wildman–Crippen LogP) is 3.63. The number of nitro benzene ring substituents is 1. The quantitative estimate of drug-likeness (QED) is 0.369. The van der Waals surface area contributed by atoms with E-state index in [2.05, 4.69) is 4.99 Å². The molecule has 1 aliphatic rings. The van der Waals surface area contributed by atoms with Crippen molar-refractivity contribution in [2.75, 3.05) is 0 Å². The summed E-state index contributed by atoms with van der Waals surface area (Å²) in [5.41, 5.74) is 0.884. The van der Waals surface area contributed by atoms with Crippen LogP contribution in [0.4, 0.5) is 10.1 Å². The number of nitro groups is 1. The van der Waals surface area contributed by atoms with Crippen molar-refractivity contribution < 1.29 is 18.8 Å². The molecule has 0 bridgehead atoms. The van der Waals surface area contributed by atoms with Crippen LogP contribution >= 0.6 is 0 Å². The van der Waals surface area contributed by atoms with E-state index in [1.54, 1.807) is 18.2 Å². The molecule has 0 atom stereocenters. The molecule has 1 heterocycles. The van der Waals surface area contributed by atoms with Gasteiger partial charge in [0.25, 0.3) is 5.69 Å². The highest BCUT2D eigenvalue weighted by atomic mass is 19.1. The number of halogens is 1. The van der Waals surface area contributed by atoms with Crippen molar-refractivity contribution in [3.8, 4) is 0 Å². The van der Waals surface area contributed by atoms with Crippen molar-refractivity contribution >= 4 is 23.6 Å². The summed E-state index contributed by atoms with van der Waals surface area (Å²) in [5, 5.41) is 11.0. The Morgan fingerprint density at radius 2 is 1.84 bits per heavy atom. The third-order valence-corrected chi connectivity index (χ3v) is 3.38. The van der Waals surface area contributed by atoms with Gasteiger partial charge in [-0.05, 0) is 42.5 Å². The van der Waals surface area contributed by atoms with Crippen LogP contribution in [0.25, 0.3) is 6.08 Å². The van der Waals surface area contributed by atoms with Crippen LogP contribution in [0.3, 0.4) is 0 Å². The number of carbonyl (C=O) groups is 1. The highest BCUT2D eigenvalue weighted by Crippen LogP contribution is 2.20. The molecule has 0 amide bonds. The number of cyclic esters (lactones) is 1. The molecule has 1 aliphatic heterocycles. The SMILES string of the molecule is O=C1OC(c2ccc(F)cc2)=N/C1=C/C=C\c1ccccc1[N+](=O)[O-]. The molecule has 0 aliphatic carbocycles. The van der Waals surface area contributed by atoms with Gasteiger partial charge in [-0.25, -0.2) is 14.2 Å². The van der Waals surface area contributed by atoms with E-state index < -0.39 is 16.7 Å². The number of carbonyl (C=O) groups excluding carboxylic acids is 1. The first-order chi connectivity index (χ1) is 12.0. The molecule has 124 valence electrons. The fraction of sp³-hybridized carbons (Fsp3) is 0. The Kier molecular flexibility index (Phi) is 4.47. The smallest absolute Gasteiger partial charge is 0.363 e. The van der Waals surface area contributed by atoms with Gasteiger partial charge in [-0.15, -0.1) is 0 Å². The lowest BCUT2D eigenvalue weighted by molar-refractivity contribution is -0.385. The summed E-state index contributed by atoms with van der Waals surface area (Å²) in [6.07, 6.45) is 4.38. The number of rotatable bonds is 4. The summed E-state index contributed by atoms with van der Waals surface area (Å²) in [6, 6.07) is 11.6. The van der Waals surface area contributed by atoms with Crippen LogP contribution in [0, 0.1) is 15.9 Å². The van der Waals surface area contributed by atoms with E-state index in [1.165, 1.54) is 48.6 Å². The number of aliphatic imine (C=N–C) groups is 1. The van der Waals surface area contributed by atoms with E-state index in [0.29, 0.717) is 11.1 Å². The summed E-state index contributed by atoms with van der Waals surface area (Å²) in [7, 11) is 0. The van der Waals surface area contributed by atoms with E-state index in [4.69, 9.17) is 4.74 Å². The predicted molar refractivity (Wildman–Crippen MR) is 89.2 cm³/mol. The average Bonchev–Trinajstić information content (AvgIpc) is 2.97. The van der Waals surface area contributed by atoms with E-state index in [9.17, 15) is 19.3 Å². The van der Waals surface area contributed by atoms with Crippen molar-refractivity contribution in [3.63, 3.8) is 0 Å². The van der Waals surface area contributed by atoms with Gasteiger partial charge >= 0.3 is 5.97 Å². The van der Waals surface area contributed by atoms with E-state index >= 15 is 0 Å². The summed E-state index contributed by atoms with van der Waals surface area (Å²) >= 11 is 0. The molecule has 0 fully saturated rings. The summed E-state index contributed by atoms with van der Waals surface area (Å²) < 4.78 is 18.0. The average molecular weight is 338 g/mol. The van der Waals surface area contributed by atoms with Gasteiger partial charge in [0, 0.05) is 11.6 Å². The largest absolute Gasteiger partial charge is 0.402 e. The zero-order valence-electron chi connectivity index (χ0n) is 12.8. The Balaban J connectivity index is 1.83. The third kappa shape index (κ3) is 3.66. The first-order valence-electron chi connectivity index (χ1n) is 7.23. The number of esters is 1. The molecule has 0 aromatic heterocycles. The second kappa shape index (κ2) is 6.88. The standard InChI is InChI=1S/C18H11FN2O4/c19-14-10-8-13(9-11-14)17-20-15(18(22)25-17)6-3-5-12-4-1-2-7-16(12)21(23)24/h1-11H/b5-3-,15-6+. The van der Waals surface area contributed by atoms with Crippen LogP contribution in [0.1, 0.15) is 11.1 Å². The number of para-hydroxylation sites is 1. The zero-order chi connectivity index (χ0) is 17.8. The van der Waals surface area contributed by atoms with Crippen LogP contribution in [-0.2, 0) is 9.53 Å². The summed E-state index contributed by atoms with van der Waals surface area (Å²) in [4.78, 5) is 26.3. The summed E-state index contributed by atoms with van der Waals surface area (Å²) in [6.45, 7) is 0. The molecule has 0 radical (unpaired) electrons. The van der Waals surface area contributed by atoms with Gasteiger partial charge in [0.15, 0.2) is 5.70 Å². The first kappa shape index (κ1) is 16.3. The highest BCUT2D eigenvalue weighted by molar-refractivity contribution is 6.11. The highest BCUT2D eigenvalue weighted by Gasteiger charge is 2.23. The number of nitrogens with zero attached hydrogens (tertiary/aromatic N) is 2. The molecular formula is C18H11FN2O4. The molecule has 3 rings (SSSR count). The zero-order valence-corrected chi connectivity index (χ0v) is 12.8. The van der Waals surface area contributed by atoms with Gasteiger partial charge in [-0.1, -0.05) is 18.2 Å². The van der Waals surface area contributed by atoms with Crippen molar-refractivity contribution in [2.45, 2.75) is 0 Å². The lowest BCUT2D eigenvalue weighted by atomic mass is 10.1. The Morgan fingerprint density at radius 3 is 2.56 bits per heavy atom. The second-order valence-corrected chi connectivity index (χ2v) is 5.04. The van der Waals surface area contributed by atoms with Crippen LogP contribution < -0.4 is 0 Å². The Morgan fingerprint density at radius 1 is 1.12 bits per heavy atom. The number of ether oxygens (including phenoxy) is 1. The molecule has 0 unspecified atom stereocenters. The van der Waals surface area contributed by atoms with Gasteiger partial charge < -0.3 is 4.74 Å². The van der Waals surface area contributed by atoms with Gasteiger partial charge in [0.1, 0.15) is 5.82 Å². The Labute approximate surface area is 141 Å². The van der Waals surface area contributed by atoms with Crippen molar-refractivity contribution in [3.05, 3.63) is 93.4 Å². The van der Waals surface area contributed by atoms with Crippen LogP contribution in [0.15, 0.2) is 71.4 Å². The number of benzene rings is 2. The monoisotopic (exact) mass is 338 g/mol. The van der Waals surface area contributed by atoms with Crippen LogP contribution in [-0.4, -0.2) is 16.8 Å². The normalized spacial score (nSPS) is 15.5. The Bertz CT molecular complexity index is 930. The van der Waals surface area contributed by atoms with Crippen molar-refractivity contribution in [1.29, 1.82) is 0 Å². The molecule has 0 saturated heterocycles. The number of hydrogen-bond donors (Lipinski definition) is 0. The van der Waals surface area contributed by atoms with Crippen LogP contribution in [0.2, 0.25) is 0 Å². The lowest BCUT2D eigenvalue weighted by Crippen LogP contribution is -2.05. The molecule has 2 aromatic carbocycles. The molecule has 0 saturated carbocycles. The lowest BCUT2D eigenvalue weighted by Gasteiger charge is -1.98. The molecule has 7 heteroatoms. The maximum atomic E-state index is 12.9. The molecule has 2 aromatic rings. The summed E-state index contributed by atoms with van der Waals surface area (Å²) in [5.74, 6) is -0.973. The van der Waals surface area contributed by atoms with Crippen LogP contribution in [0.5, 0.6) is 0 Å². The van der Waals surface area contributed by atoms with Crippen molar-refractivity contribution in [1.82, 2.24) is 0 Å². The molecule has 25 heavy (non-hydrogen) atoms. The first-order valence-corrected chi connectivity index (χ1v) is 7.23. The Hall–Kier alpha value is -3.61. The fourth-order valence-corrected chi connectivity index (χ4v) is 2.18. The van der Waals surface area contributed by atoms with Gasteiger partial charge in [0.05, 0.1) is 10.5 Å². The van der Waals surface area contributed by atoms with E-state index in [0.717, 1.165) is 0 Å². The van der Waals surface area contributed by atoms with Crippen molar-refractivity contribution in [2.24, 2.45) is 4.99 Å². The van der Waals surface area contributed by atoms with Gasteiger partial charge in [-0.2, -0.15) is 0 Å². The maximum absolute atomic E-state index is 12.9.